The number of carbonyl (C=O) groups excluding carboxylic acids is 1. The van der Waals surface area contributed by atoms with Gasteiger partial charge >= 0.3 is 0 Å². The predicted octanol–water partition coefficient (Wildman–Crippen LogP) is 1.87. The Kier molecular flexibility index (Phi) is 4.25. The van der Waals surface area contributed by atoms with E-state index in [2.05, 4.69) is 19.9 Å². The molecule has 1 fully saturated rings. The van der Waals surface area contributed by atoms with E-state index in [1.807, 2.05) is 18.1 Å². The van der Waals surface area contributed by atoms with Gasteiger partial charge in [-0.2, -0.15) is 0 Å². The van der Waals surface area contributed by atoms with Gasteiger partial charge in [-0.1, -0.05) is 18.7 Å². The van der Waals surface area contributed by atoms with Crippen LogP contribution in [0.1, 0.15) is 13.3 Å². The van der Waals surface area contributed by atoms with Crippen LogP contribution in [0, 0.1) is 0 Å². The van der Waals surface area contributed by atoms with Crippen molar-refractivity contribution in [2.45, 2.75) is 17.7 Å². The van der Waals surface area contributed by atoms with Gasteiger partial charge in [0.05, 0.1) is 0 Å². The molecular formula is C13H17N5OS2. The molecule has 8 heteroatoms. The van der Waals surface area contributed by atoms with E-state index in [4.69, 9.17) is 0 Å². The Morgan fingerprint density at radius 1 is 1.33 bits per heavy atom. The third kappa shape index (κ3) is 2.82. The second kappa shape index (κ2) is 6.15. The number of amides is 1. The van der Waals surface area contributed by atoms with E-state index in [0.717, 1.165) is 46.7 Å². The van der Waals surface area contributed by atoms with Crippen molar-refractivity contribution in [3.05, 3.63) is 6.33 Å². The monoisotopic (exact) mass is 323 g/mol. The molecule has 2 aromatic rings. The second-order valence-corrected chi connectivity index (χ2v) is 6.81. The van der Waals surface area contributed by atoms with Crippen molar-refractivity contribution >= 4 is 45.2 Å². The van der Waals surface area contributed by atoms with Crippen molar-refractivity contribution in [2.24, 2.45) is 0 Å². The molecule has 3 rings (SSSR count). The Bertz CT molecular complexity index is 651. The highest BCUT2D eigenvalue weighted by Gasteiger charge is 2.23. The minimum atomic E-state index is 0.227. The smallest absolute Gasteiger partial charge is 0.222 e. The number of piperazine rings is 1. The fourth-order valence-corrected chi connectivity index (χ4v) is 3.96. The summed E-state index contributed by atoms with van der Waals surface area (Å²) >= 11 is 3.26. The van der Waals surface area contributed by atoms with Gasteiger partial charge in [-0.25, -0.2) is 15.0 Å². The van der Waals surface area contributed by atoms with E-state index in [1.54, 1.807) is 29.4 Å². The molecule has 0 radical (unpaired) electrons. The molecule has 0 N–H and O–H groups in total. The number of aromatic nitrogens is 3. The van der Waals surface area contributed by atoms with Gasteiger partial charge in [0.25, 0.3) is 0 Å². The average molecular weight is 323 g/mol. The molecule has 1 aliphatic heterocycles. The zero-order valence-electron chi connectivity index (χ0n) is 12.1. The summed E-state index contributed by atoms with van der Waals surface area (Å²) in [5.41, 5.74) is 0.765. The average Bonchev–Trinajstić information content (AvgIpc) is 2.97. The zero-order valence-corrected chi connectivity index (χ0v) is 13.7. The standard InChI is InChI=1S/C13H17N5OS2/c1-3-9(19)17-4-6-18(7-5-17)12-10-11(14-8-15-12)16-13(20-2)21-10/h8H,3-7H2,1-2H3. The number of thiazole rings is 1. The predicted molar refractivity (Wildman–Crippen MR) is 86.1 cm³/mol. The van der Waals surface area contributed by atoms with Crippen molar-refractivity contribution in [1.29, 1.82) is 0 Å². The van der Waals surface area contributed by atoms with Gasteiger partial charge in [-0.15, -0.1) is 11.3 Å². The summed E-state index contributed by atoms with van der Waals surface area (Å²) in [5, 5.41) is 0. The van der Waals surface area contributed by atoms with Gasteiger partial charge < -0.3 is 9.80 Å². The molecular weight excluding hydrogens is 306 g/mol. The highest BCUT2D eigenvalue weighted by Crippen LogP contribution is 2.32. The SMILES string of the molecule is CCC(=O)N1CCN(c2ncnc3nc(SC)sc23)CC1. The fraction of sp³-hybridized carbons (Fsp3) is 0.538. The largest absolute Gasteiger partial charge is 0.352 e. The molecule has 2 aromatic heterocycles. The Labute approximate surface area is 131 Å². The Morgan fingerprint density at radius 3 is 2.76 bits per heavy atom. The van der Waals surface area contributed by atoms with Crippen molar-refractivity contribution in [1.82, 2.24) is 19.9 Å². The van der Waals surface area contributed by atoms with Crippen LogP contribution in [0.25, 0.3) is 10.3 Å². The lowest BCUT2D eigenvalue weighted by molar-refractivity contribution is -0.131. The molecule has 1 amide bonds. The van der Waals surface area contributed by atoms with Crippen molar-refractivity contribution < 1.29 is 4.79 Å². The first-order valence-electron chi connectivity index (χ1n) is 6.91. The molecule has 112 valence electrons. The van der Waals surface area contributed by atoms with Crippen LogP contribution in [-0.2, 0) is 4.79 Å². The summed E-state index contributed by atoms with van der Waals surface area (Å²) in [5.74, 6) is 1.17. The summed E-state index contributed by atoms with van der Waals surface area (Å²) in [6.45, 7) is 5.04. The van der Waals surface area contributed by atoms with E-state index in [9.17, 15) is 4.79 Å². The van der Waals surface area contributed by atoms with Crippen LogP contribution < -0.4 is 4.90 Å². The van der Waals surface area contributed by atoms with E-state index >= 15 is 0 Å². The number of fused-ring (bicyclic) bond motifs is 1. The summed E-state index contributed by atoms with van der Waals surface area (Å²) in [4.78, 5) is 29.1. The normalized spacial score (nSPS) is 15.7. The Balaban J connectivity index is 1.82. The number of anilines is 1. The molecule has 0 bridgehead atoms. The maximum Gasteiger partial charge on any atom is 0.222 e. The van der Waals surface area contributed by atoms with Crippen LogP contribution in [0.2, 0.25) is 0 Å². The van der Waals surface area contributed by atoms with Gasteiger partial charge in [-0.3, -0.25) is 4.79 Å². The maximum absolute atomic E-state index is 11.7. The molecule has 21 heavy (non-hydrogen) atoms. The fourth-order valence-electron chi connectivity index (χ4n) is 2.43. The minimum absolute atomic E-state index is 0.227. The van der Waals surface area contributed by atoms with Gasteiger partial charge in [0, 0.05) is 32.6 Å². The molecule has 6 nitrogen and oxygen atoms in total. The van der Waals surface area contributed by atoms with Crippen molar-refractivity contribution in [2.75, 3.05) is 37.3 Å². The van der Waals surface area contributed by atoms with Gasteiger partial charge in [0.15, 0.2) is 15.8 Å². The van der Waals surface area contributed by atoms with Crippen molar-refractivity contribution in [3.8, 4) is 0 Å². The molecule has 1 saturated heterocycles. The number of hydrogen-bond acceptors (Lipinski definition) is 7. The molecule has 0 spiro atoms. The first kappa shape index (κ1) is 14.5. The lowest BCUT2D eigenvalue weighted by Gasteiger charge is -2.35. The first-order chi connectivity index (χ1) is 10.2. The molecule has 0 saturated carbocycles. The number of carbonyl (C=O) groups is 1. The quantitative estimate of drug-likeness (QED) is 0.804. The van der Waals surface area contributed by atoms with Gasteiger partial charge in [0.1, 0.15) is 11.0 Å². The van der Waals surface area contributed by atoms with E-state index < -0.39 is 0 Å². The molecule has 3 heterocycles. The molecule has 0 atom stereocenters. The number of rotatable bonds is 3. The number of thioether (sulfide) groups is 1. The summed E-state index contributed by atoms with van der Waals surface area (Å²) in [6.07, 6.45) is 4.16. The minimum Gasteiger partial charge on any atom is -0.352 e. The lowest BCUT2D eigenvalue weighted by atomic mass is 10.3. The van der Waals surface area contributed by atoms with Gasteiger partial charge in [0.2, 0.25) is 5.91 Å². The van der Waals surface area contributed by atoms with Crippen LogP contribution >= 0.6 is 23.1 Å². The zero-order chi connectivity index (χ0) is 14.8. The third-order valence-electron chi connectivity index (χ3n) is 3.56. The van der Waals surface area contributed by atoms with Crippen LogP contribution in [-0.4, -0.2) is 58.2 Å². The Morgan fingerprint density at radius 2 is 2.10 bits per heavy atom. The molecule has 0 aromatic carbocycles. The number of hydrogen-bond donors (Lipinski definition) is 0. The highest BCUT2D eigenvalue weighted by molar-refractivity contribution is 8.00. The van der Waals surface area contributed by atoms with Crippen LogP contribution in [0.5, 0.6) is 0 Å². The van der Waals surface area contributed by atoms with E-state index in [1.165, 1.54) is 0 Å². The summed E-state index contributed by atoms with van der Waals surface area (Å²) in [7, 11) is 0. The highest BCUT2D eigenvalue weighted by atomic mass is 32.2. The van der Waals surface area contributed by atoms with Gasteiger partial charge in [-0.05, 0) is 6.26 Å². The first-order valence-corrected chi connectivity index (χ1v) is 8.95. The van der Waals surface area contributed by atoms with Crippen LogP contribution in [0.3, 0.4) is 0 Å². The molecule has 0 aliphatic carbocycles. The second-order valence-electron chi connectivity index (χ2n) is 4.76. The van der Waals surface area contributed by atoms with Crippen molar-refractivity contribution in [3.63, 3.8) is 0 Å². The summed E-state index contributed by atoms with van der Waals surface area (Å²) in [6, 6.07) is 0. The molecule has 1 aliphatic rings. The van der Waals surface area contributed by atoms with Crippen LogP contribution in [0.15, 0.2) is 10.7 Å². The molecule has 0 unspecified atom stereocenters. The topological polar surface area (TPSA) is 62.2 Å². The third-order valence-corrected chi connectivity index (χ3v) is 5.59. The van der Waals surface area contributed by atoms with Crippen LogP contribution in [0.4, 0.5) is 5.82 Å². The Hall–Kier alpha value is -1.41. The summed E-state index contributed by atoms with van der Waals surface area (Å²) < 4.78 is 2.05. The lowest BCUT2D eigenvalue weighted by Crippen LogP contribution is -2.48. The van der Waals surface area contributed by atoms with E-state index in [-0.39, 0.29) is 5.91 Å². The maximum atomic E-state index is 11.7. The number of nitrogens with zero attached hydrogens (tertiary/aromatic N) is 5. The van der Waals surface area contributed by atoms with E-state index in [0.29, 0.717) is 6.42 Å².